The Balaban J connectivity index is 1.79. The summed E-state index contributed by atoms with van der Waals surface area (Å²) in [4.78, 5) is 4.33. The molecule has 1 heterocycles. The predicted octanol–water partition coefficient (Wildman–Crippen LogP) is 1.59. The van der Waals surface area contributed by atoms with E-state index >= 15 is 0 Å². The predicted molar refractivity (Wildman–Crippen MR) is 85.4 cm³/mol. The van der Waals surface area contributed by atoms with Crippen LogP contribution < -0.4 is 15.4 Å². The Morgan fingerprint density at radius 1 is 1.05 bits per heavy atom. The summed E-state index contributed by atoms with van der Waals surface area (Å²) < 4.78 is 10.1. The molecule has 0 saturated heterocycles. The van der Waals surface area contributed by atoms with Crippen LogP contribution >= 0.6 is 0 Å². The first kappa shape index (κ1) is 16.0. The van der Waals surface area contributed by atoms with Gasteiger partial charge in [0.25, 0.3) is 0 Å². The Labute approximate surface area is 130 Å². The zero-order valence-electron chi connectivity index (χ0n) is 12.9. The lowest BCUT2D eigenvalue weighted by molar-refractivity contribution is 0.210. The summed E-state index contributed by atoms with van der Waals surface area (Å²) in [7, 11) is 3.32. The summed E-state index contributed by atoms with van der Waals surface area (Å²) in [6.07, 6.45) is 2.46. The van der Waals surface area contributed by atoms with Crippen molar-refractivity contribution >= 4 is 11.8 Å². The molecule has 0 aliphatic carbocycles. The summed E-state index contributed by atoms with van der Waals surface area (Å²) in [6, 6.07) is 7.99. The zero-order valence-corrected chi connectivity index (χ0v) is 12.9. The number of hydrogen-bond donors (Lipinski definition) is 2. The molecule has 118 valence electrons. The first-order valence-corrected chi connectivity index (χ1v) is 7.11. The SMILES string of the molecule is COCCNc1cnnc(NCCc2ccc(OC)cc2)n1. The molecule has 0 amide bonds. The molecular formula is C15H21N5O2. The smallest absolute Gasteiger partial charge is 0.244 e. The Hall–Kier alpha value is -2.41. The van der Waals surface area contributed by atoms with E-state index in [0.29, 0.717) is 24.9 Å². The van der Waals surface area contributed by atoms with Gasteiger partial charge >= 0.3 is 0 Å². The normalized spacial score (nSPS) is 10.3. The fourth-order valence-electron chi connectivity index (χ4n) is 1.86. The number of benzene rings is 1. The van der Waals surface area contributed by atoms with Crippen molar-refractivity contribution in [1.29, 1.82) is 0 Å². The molecule has 7 nitrogen and oxygen atoms in total. The third-order valence-corrected chi connectivity index (χ3v) is 3.03. The number of anilines is 2. The molecule has 0 bridgehead atoms. The summed E-state index contributed by atoms with van der Waals surface area (Å²) in [5, 5.41) is 14.2. The van der Waals surface area contributed by atoms with Gasteiger partial charge in [0.15, 0.2) is 5.82 Å². The molecule has 0 radical (unpaired) electrons. The van der Waals surface area contributed by atoms with Gasteiger partial charge in [-0.15, -0.1) is 5.10 Å². The van der Waals surface area contributed by atoms with Crippen LogP contribution in [0.1, 0.15) is 5.56 Å². The fraction of sp³-hybridized carbons (Fsp3) is 0.400. The van der Waals surface area contributed by atoms with E-state index in [1.807, 2.05) is 24.3 Å². The monoisotopic (exact) mass is 303 g/mol. The minimum absolute atomic E-state index is 0.510. The topological polar surface area (TPSA) is 81.2 Å². The quantitative estimate of drug-likeness (QED) is 0.681. The number of methoxy groups -OCH3 is 2. The molecule has 0 atom stereocenters. The molecule has 0 saturated carbocycles. The van der Waals surface area contributed by atoms with Crippen LogP contribution in [0.3, 0.4) is 0 Å². The summed E-state index contributed by atoms with van der Waals surface area (Å²) in [6.45, 7) is 2.03. The number of hydrogen-bond acceptors (Lipinski definition) is 7. The van der Waals surface area contributed by atoms with Gasteiger partial charge in [0.2, 0.25) is 5.95 Å². The van der Waals surface area contributed by atoms with Gasteiger partial charge in [0.1, 0.15) is 5.75 Å². The lowest BCUT2D eigenvalue weighted by Gasteiger charge is -2.07. The van der Waals surface area contributed by atoms with E-state index in [2.05, 4.69) is 25.8 Å². The highest BCUT2D eigenvalue weighted by molar-refractivity contribution is 5.37. The third kappa shape index (κ3) is 5.17. The number of aromatic nitrogens is 3. The highest BCUT2D eigenvalue weighted by Gasteiger charge is 2.00. The van der Waals surface area contributed by atoms with Gasteiger partial charge in [-0.2, -0.15) is 10.1 Å². The lowest BCUT2D eigenvalue weighted by atomic mass is 10.1. The van der Waals surface area contributed by atoms with Crippen molar-refractivity contribution in [2.75, 3.05) is 44.5 Å². The summed E-state index contributed by atoms with van der Waals surface area (Å²) in [5.41, 5.74) is 1.22. The minimum Gasteiger partial charge on any atom is -0.497 e. The fourth-order valence-corrected chi connectivity index (χ4v) is 1.86. The van der Waals surface area contributed by atoms with Crippen molar-refractivity contribution in [2.24, 2.45) is 0 Å². The molecule has 0 aliphatic heterocycles. The van der Waals surface area contributed by atoms with Crippen LogP contribution in [0.4, 0.5) is 11.8 Å². The Kier molecular flexibility index (Phi) is 6.38. The maximum atomic E-state index is 5.14. The molecule has 22 heavy (non-hydrogen) atoms. The molecule has 0 spiro atoms. The minimum atomic E-state index is 0.510. The number of nitrogens with one attached hydrogen (secondary N) is 2. The van der Waals surface area contributed by atoms with Gasteiger partial charge in [-0.05, 0) is 24.1 Å². The van der Waals surface area contributed by atoms with Gasteiger partial charge in [0.05, 0.1) is 19.9 Å². The van der Waals surface area contributed by atoms with E-state index in [-0.39, 0.29) is 0 Å². The average Bonchev–Trinajstić information content (AvgIpc) is 2.56. The molecule has 1 aromatic heterocycles. The van der Waals surface area contributed by atoms with Gasteiger partial charge in [0, 0.05) is 20.2 Å². The lowest BCUT2D eigenvalue weighted by Crippen LogP contribution is -2.12. The molecule has 2 aromatic rings. The highest BCUT2D eigenvalue weighted by Crippen LogP contribution is 2.11. The van der Waals surface area contributed by atoms with E-state index in [9.17, 15) is 0 Å². The third-order valence-electron chi connectivity index (χ3n) is 3.03. The second-order valence-corrected chi connectivity index (χ2v) is 4.61. The van der Waals surface area contributed by atoms with Crippen molar-refractivity contribution in [3.8, 4) is 5.75 Å². The molecule has 7 heteroatoms. The van der Waals surface area contributed by atoms with E-state index in [4.69, 9.17) is 9.47 Å². The van der Waals surface area contributed by atoms with Crippen molar-refractivity contribution < 1.29 is 9.47 Å². The number of nitrogens with zero attached hydrogens (tertiary/aromatic N) is 3. The molecule has 1 aromatic carbocycles. The van der Waals surface area contributed by atoms with E-state index in [1.165, 1.54) is 5.56 Å². The van der Waals surface area contributed by atoms with Crippen molar-refractivity contribution in [1.82, 2.24) is 15.2 Å². The molecule has 0 aliphatic rings. The van der Waals surface area contributed by atoms with Crippen LogP contribution in [0.25, 0.3) is 0 Å². The van der Waals surface area contributed by atoms with E-state index in [0.717, 1.165) is 18.7 Å². The van der Waals surface area contributed by atoms with Crippen LogP contribution in [-0.2, 0) is 11.2 Å². The van der Waals surface area contributed by atoms with Gasteiger partial charge in [-0.1, -0.05) is 12.1 Å². The molecule has 0 fully saturated rings. The first-order valence-electron chi connectivity index (χ1n) is 7.11. The summed E-state index contributed by atoms with van der Waals surface area (Å²) >= 11 is 0. The standard InChI is InChI=1S/C15H21N5O2/c1-21-10-9-16-14-11-18-20-15(19-14)17-8-7-12-3-5-13(22-2)6-4-12/h3-6,11H,7-10H2,1-2H3,(H2,16,17,19,20). The second-order valence-electron chi connectivity index (χ2n) is 4.61. The Bertz CT molecular complexity index is 562. The maximum Gasteiger partial charge on any atom is 0.244 e. The van der Waals surface area contributed by atoms with Crippen LogP contribution in [0.5, 0.6) is 5.75 Å². The van der Waals surface area contributed by atoms with Crippen LogP contribution in [0, 0.1) is 0 Å². The van der Waals surface area contributed by atoms with E-state index in [1.54, 1.807) is 20.4 Å². The van der Waals surface area contributed by atoms with Crippen LogP contribution in [0.15, 0.2) is 30.5 Å². The van der Waals surface area contributed by atoms with E-state index < -0.39 is 0 Å². The van der Waals surface area contributed by atoms with Crippen LogP contribution in [-0.4, -0.2) is 49.1 Å². The molecule has 2 N–H and O–H groups in total. The second kappa shape index (κ2) is 8.78. The van der Waals surface area contributed by atoms with Gasteiger partial charge in [-0.3, -0.25) is 0 Å². The molecule has 0 unspecified atom stereocenters. The number of ether oxygens (including phenoxy) is 2. The van der Waals surface area contributed by atoms with Gasteiger partial charge in [-0.25, -0.2) is 0 Å². The van der Waals surface area contributed by atoms with Crippen molar-refractivity contribution in [2.45, 2.75) is 6.42 Å². The van der Waals surface area contributed by atoms with Crippen molar-refractivity contribution in [3.63, 3.8) is 0 Å². The zero-order chi connectivity index (χ0) is 15.6. The molecular weight excluding hydrogens is 282 g/mol. The van der Waals surface area contributed by atoms with Gasteiger partial charge < -0.3 is 20.1 Å². The Morgan fingerprint density at radius 3 is 2.59 bits per heavy atom. The molecule has 2 rings (SSSR count). The van der Waals surface area contributed by atoms with Crippen LogP contribution in [0.2, 0.25) is 0 Å². The highest BCUT2D eigenvalue weighted by atomic mass is 16.5. The summed E-state index contributed by atoms with van der Waals surface area (Å²) in [5.74, 6) is 2.05. The first-order chi connectivity index (χ1) is 10.8. The van der Waals surface area contributed by atoms with Crippen molar-refractivity contribution in [3.05, 3.63) is 36.0 Å². The largest absolute Gasteiger partial charge is 0.497 e. The number of rotatable bonds is 9. The Morgan fingerprint density at radius 2 is 1.86 bits per heavy atom. The maximum absolute atomic E-state index is 5.14. The average molecular weight is 303 g/mol.